The third-order valence-corrected chi connectivity index (χ3v) is 6.78. The molecule has 0 saturated carbocycles. The molecule has 6 nitrogen and oxygen atoms in total. The van der Waals surface area contributed by atoms with Gasteiger partial charge in [0.15, 0.2) is 5.78 Å². The number of hydrogen-bond acceptors (Lipinski definition) is 5. The molecule has 6 heteroatoms. The lowest BCUT2D eigenvalue weighted by Crippen LogP contribution is -2.52. The molecule has 5 rings (SSSR count). The molecule has 33 heavy (non-hydrogen) atoms. The number of benzene rings is 2. The zero-order valence-corrected chi connectivity index (χ0v) is 18.3. The minimum atomic E-state index is -1.59. The largest absolute Gasteiger partial charge is 0.384 e. The summed E-state index contributed by atoms with van der Waals surface area (Å²) in [7, 11) is 0. The molecule has 2 aliphatic heterocycles. The summed E-state index contributed by atoms with van der Waals surface area (Å²) < 4.78 is 0. The Morgan fingerprint density at radius 3 is 2.48 bits per heavy atom. The molecule has 1 amide bonds. The van der Waals surface area contributed by atoms with E-state index in [0.717, 1.165) is 11.3 Å². The highest BCUT2D eigenvalue weighted by Gasteiger charge is 2.62. The maximum atomic E-state index is 14.1. The lowest BCUT2D eigenvalue weighted by atomic mass is 9.63. The van der Waals surface area contributed by atoms with Crippen LogP contribution in [0.5, 0.6) is 0 Å². The van der Waals surface area contributed by atoms with Gasteiger partial charge in [-0.25, -0.2) is 0 Å². The highest BCUT2D eigenvalue weighted by Crippen LogP contribution is 2.56. The Labute approximate surface area is 192 Å². The van der Waals surface area contributed by atoms with Crippen molar-refractivity contribution in [3.05, 3.63) is 82.3 Å². The molecule has 162 valence electrons. The quantitative estimate of drug-likeness (QED) is 0.732. The highest BCUT2D eigenvalue weighted by molar-refractivity contribution is 6.20. The Morgan fingerprint density at radius 1 is 1.09 bits per heavy atom. The number of fused-ring (bicyclic) bond motifs is 3. The molecule has 0 radical (unpaired) electrons. The smallest absolute Gasteiger partial charge is 0.248 e. The van der Waals surface area contributed by atoms with E-state index in [4.69, 9.17) is 12.2 Å². The Kier molecular flexibility index (Phi) is 4.62. The lowest BCUT2D eigenvalue weighted by molar-refractivity contribution is -0.124. The van der Waals surface area contributed by atoms with E-state index in [1.54, 1.807) is 23.1 Å². The van der Waals surface area contributed by atoms with E-state index in [2.05, 4.69) is 12.0 Å². The summed E-state index contributed by atoms with van der Waals surface area (Å²) in [5, 5.41) is 10.4. The number of ketones is 1. The minimum Gasteiger partial charge on any atom is -0.384 e. The number of para-hydroxylation sites is 2. The maximum absolute atomic E-state index is 14.1. The standard InChI is InChI=1S/C27H22N4O2/c1-3-15-30-21-12-7-5-10-18(21)27(26(30)33)19(16-28)25(29)31(20-11-6-4-9-17(20)2)22-13-8-14-23(32)24(22)27/h1,4-7,9-12H,8,13-15,29H2,2H3/t27-/m0/s1. The topological polar surface area (TPSA) is 90.4 Å². The normalized spacial score (nSPS) is 21.8. The molecule has 1 spiro atoms. The Morgan fingerprint density at radius 2 is 1.79 bits per heavy atom. The van der Waals surface area contributed by atoms with Crippen molar-refractivity contribution in [3.63, 3.8) is 0 Å². The molecule has 2 aromatic carbocycles. The van der Waals surface area contributed by atoms with E-state index in [1.165, 1.54) is 4.90 Å². The van der Waals surface area contributed by atoms with Crippen LogP contribution in [0, 0.1) is 30.6 Å². The van der Waals surface area contributed by atoms with E-state index in [-0.39, 0.29) is 23.7 Å². The molecule has 3 aliphatic rings. The number of carbonyl (C=O) groups excluding carboxylic acids is 2. The Hall–Kier alpha value is -4.29. The SMILES string of the molecule is C#CCN1C(=O)[C@]2(C(C#N)=C(N)N(c3ccccc3C)C3=C2C(=O)CCC3)c2ccccc21. The van der Waals surface area contributed by atoms with Gasteiger partial charge in [-0.1, -0.05) is 42.3 Å². The van der Waals surface area contributed by atoms with Gasteiger partial charge >= 0.3 is 0 Å². The fourth-order valence-electron chi connectivity index (χ4n) is 5.47. The molecule has 0 aromatic heterocycles. The van der Waals surface area contributed by atoms with Crippen LogP contribution in [0.15, 0.2) is 71.2 Å². The number of amides is 1. The van der Waals surface area contributed by atoms with E-state index in [1.807, 2.05) is 37.3 Å². The number of aryl methyl sites for hydroxylation is 1. The summed E-state index contributed by atoms with van der Waals surface area (Å²) in [4.78, 5) is 31.0. The van der Waals surface area contributed by atoms with Gasteiger partial charge in [0.25, 0.3) is 0 Å². The van der Waals surface area contributed by atoms with Crippen molar-refractivity contribution >= 4 is 23.1 Å². The van der Waals surface area contributed by atoms with Crippen LogP contribution in [0.1, 0.15) is 30.4 Å². The first-order chi connectivity index (χ1) is 16.0. The van der Waals surface area contributed by atoms with Crippen LogP contribution in [0.3, 0.4) is 0 Å². The fourth-order valence-corrected chi connectivity index (χ4v) is 5.47. The van der Waals surface area contributed by atoms with Gasteiger partial charge in [-0.3, -0.25) is 19.4 Å². The molecule has 1 aliphatic carbocycles. The van der Waals surface area contributed by atoms with Crippen molar-refractivity contribution in [3.8, 4) is 18.4 Å². The first-order valence-corrected chi connectivity index (χ1v) is 10.9. The molecule has 2 heterocycles. The molecule has 0 bridgehead atoms. The number of nitrogens with two attached hydrogens (primary N) is 1. The summed E-state index contributed by atoms with van der Waals surface area (Å²) in [6.07, 6.45) is 7.11. The van der Waals surface area contributed by atoms with Crippen molar-refractivity contribution in [1.29, 1.82) is 5.26 Å². The van der Waals surface area contributed by atoms with Gasteiger partial charge in [-0.05, 0) is 37.5 Å². The van der Waals surface area contributed by atoms with E-state index >= 15 is 0 Å². The molecule has 0 saturated heterocycles. The molecule has 1 atom stereocenters. The van der Waals surface area contributed by atoms with Crippen LogP contribution in [0.4, 0.5) is 11.4 Å². The predicted molar refractivity (Wildman–Crippen MR) is 126 cm³/mol. The average Bonchev–Trinajstić information content (AvgIpc) is 3.05. The average molecular weight is 434 g/mol. The molecule has 0 fully saturated rings. The van der Waals surface area contributed by atoms with Gasteiger partial charge < -0.3 is 5.73 Å². The monoisotopic (exact) mass is 434 g/mol. The minimum absolute atomic E-state index is 0.0362. The molecular formula is C27H22N4O2. The summed E-state index contributed by atoms with van der Waals surface area (Å²) >= 11 is 0. The number of rotatable bonds is 2. The van der Waals surface area contributed by atoms with Gasteiger partial charge in [0.1, 0.15) is 17.3 Å². The summed E-state index contributed by atoms with van der Waals surface area (Å²) in [5.41, 5.74) is 9.15. The predicted octanol–water partition coefficient (Wildman–Crippen LogP) is 3.43. The number of terminal acetylenes is 1. The van der Waals surface area contributed by atoms with E-state index < -0.39 is 11.3 Å². The van der Waals surface area contributed by atoms with Crippen molar-refractivity contribution in [2.75, 3.05) is 16.3 Å². The third-order valence-electron chi connectivity index (χ3n) is 6.78. The van der Waals surface area contributed by atoms with Crippen molar-refractivity contribution in [1.82, 2.24) is 0 Å². The molecule has 2 aromatic rings. The van der Waals surface area contributed by atoms with Gasteiger partial charge in [-0.2, -0.15) is 5.26 Å². The van der Waals surface area contributed by atoms with Gasteiger partial charge in [-0.15, -0.1) is 6.42 Å². The van der Waals surface area contributed by atoms with Crippen molar-refractivity contribution < 1.29 is 9.59 Å². The number of anilines is 2. The second-order valence-corrected chi connectivity index (χ2v) is 8.45. The van der Waals surface area contributed by atoms with E-state index in [9.17, 15) is 14.9 Å². The van der Waals surface area contributed by atoms with Crippen molar-refractivity contribution in [2.45, 2.75) is 31.6 Å². The van der Waals surface area contributed by atoms with Crippen LogP contribution in [-0.4, -0.2) is 18.2 Å². The summed E-state index contributed by atoms with van der Waals surface area (Å²) in [6.45, 7) is 1.99. The van der Waals surface area contributed by atoms with Crippen LogP contribution >= 0.6 is 0 Å². The number of nitriles is 1. The number of hydrogen-bond donors (Lipinski definition) is 1. The first kappa shape index (κ1) is 20.6. The van der Waals surface area contributed by atoms with E-state index in [0.29, 0.717) is 41.8 Å². The zero-order valence-electron chi connectivity index (χ0n) is 18.3. The van der Waals surface area contributed by atoms with Gasteiger partial charge in [0.2, 0.25) is 5.91 Å². The molecule has 0 unspecified atom stereocenters. The second kappa shape index (κ2) is 7.39. The zero-order chi connectivity index (χ0) is 23.3. The van der Waals surface area contributed by atoms with Gasteiger partial charge in [0.05, 0.1) is 17.8 Å². The van der Waals surface area contributed by atoms with Crippen molar-refractivity contribution in [2.24, 2.45) is 5.73 Å². The van der Waals surface area contributed by atoms with Gasteiger partial charge in [0, 0.05) is 28.9 Å². The van der Waals surface area contributed by atoms with Crippen LogP contribution in [-0.2, 0) is 15.0 Å². The first-order valence-electron chi connectivity index (χ1n) is 10.9. The number of carbonyl (C=O) groups is 2. The Bertz CT molecular complexity index is 1370. The second-order valence-electron chi connectivity index (χ2n) is 8.45. The summed E-state index contributed by atoms with van der Waals surface area (Å²) in [6, 6.07) is 17.1. The molecular weight excluding hydrogens is 412 g/mol. The number of nitrogens with zero attached hydrogens (tertiary/aromatic N) is 3. The van der Waals surface area contributed by atoms with Crippen LogP contribution in [0.25, 0.3) is 0 Å². The van der Waals surface area contributed by atoms with Crippen LogP contribution < -0.4 is 15.5 Å². The maximum Gasteiger partial charge on any atom is 0.248 e. The number of Topliss-reactive ketones (excluding diaryl/α,β-unsaturated/α-hetero) is 1. The fraction of sp³-hybridized carbons (Fsp3) is 0.222. The summed E-state index contributed by atoms with van der Waals surface area (Å²) in [5.74, 6) is 2.17. The highest BCUT2D eigenvalue weighted by atomic mass is 16.2. The third kappa shape index (κ3) is 2.55. The molecule has 2 N–H and O–H groups in total. The Balaban J connectivity index is 1.91. The number of allylic oxidation sites excluding steroid dienone is 1. The van der Waals surface area contributed by atoms with Crippen LogP contribution in [0.2, 0.25) is 0 Å². The lowest BCUT2D eigenvalue weighted by Gasteiger charge is -2.44.